The van der Waals surface area contributed by atoms with Crippen molar-refractivity contribution >= 4 is 5.82 Å². The third-order valence-corrected chi connectivity index (χ3v) is 4.51. The molecule has 0 bridgehead atoms. The van der Waals surface area contributed by atoms with Gasteiger partial charge < -0.3 is 10.6 Å². The van der Waals surface area contributed by atoms with Crippen LogP contribution in [0.2, 0.25) is 0 Å². The first-order valence-corrected chi connectivity index (χ1v) is 7.85. The molecule has 1 atom stereocenters. The number of piperidine rings is 1. The number of anilines is 1. The molecule has 2 N–H and O–H groups in total. The zero-order chi connectivity index (χ0) is 12.9. The number of rotatable bonds is 3. The van der Waals surface area contributed by atoms with Crippen LogP contribution in [0, 0.1) is 0 Å². The molecule has 104 valence electrons. The van der Waals surface area contributed by atoms with E-state index in [1.54, 1.807) is 0 Å². The topological polar surface area (TPSA) is 37.0 Å². The summed E-state index contributed by atoms with van der Waals surface area (Å²) >= 11 is 0. The van der Waals surface area contributed by atoms with Gasteiger partial charge >= 0.3 is 0 Å². The van der Waals surface area contributed by atoms with Crippen LogP contribution in [0.25, 0.3) is 0 Å². The Balaban J connectivity index is 1.64. The molecule has 0 spiro atoms. The monoisotopic (exact) mass is 259 g/mol. The summed E-state index contributed by atoms with van der Waals surface area (Å²) in [6.45, 7) is 2.29. The average molecular weight is 259 g/mol. The van der Waals surface area contributed by atoms with Crippen molar-refractivity contribution in [3.63, 3.8) is 0 Å². The number of nitrogens with zero attached hydrogens (tertiary/aromatic N) is 1. The van der Waals surface area contributed by atoms with Crippen LogP contribution < -0.4 is 10.6 Å². The number of hydrogen-bond donors (Lipinski definition) is 2. The van der Waals surface area contributed by atoms with Gasteiger partial charge in [-0.15, -0.1) is 0 Å². The fourth-order valence-electron chi connectivity index (χ4n) is 3.37. The molecule has 1 saturated heterocycles. The van der Waals surface area contributed by atoms with Crippen LogP contribution in [0.15, 0.2) is 18.3 Å². The predicted octanol–water partition coefficient (Wildman–Crippen LogP) is 3.29. The van der Waals surface area contributed by atoms with Crippen molar-refractivity contribution in [2.24, 2.45) is 0 Å². The third kappa shape index (κ3) is 3.47. The van der Waals surface area contributed by atoms with Crippen LogP contribution in [0.4, 0.5) is 5.82 Å². The van der Waals surface area contributed by atoms with Crippen LogP contribution in [0.3, 0.4) is 0 Å². The minimum absolute atomic E-state index is 0.640. The first-order valence-electron chi connectivity index (χ1n) is 7.85. The normalized spacial score (nSPS) is 25.2. The second kappa shape index (κ2) is 6.38. The summed E-state index contributed by atoms with van der Waals surface area (Å²) in [6, 6.07) is 5.09. The van der Waals surface area contributed by atoms with Crippen LogP contribution in [-0.2, 0) is 0 Å². The highest BCUT2D eigenvalue weighted by Gasteiger charge is 2.17. The van der Waals surface area contributed by atoms with Crippen LogP contribution in [0.5, 0.6) is 0 Å². The molecule has 0 radical (unpaired) electrons. The summed E-state index contributed by atoms with van der Waals surface area (Å²) in [4.78, 5) is 4.50. The fourth-order valence-corrected chi connectivity index (χ4v) is 3.37. The van der Waals surface area contributed by atoms with Gasteiger partial charge in [-0.2, -0.15) is 0 Å². The lowest BCUT2D eigenvalue weighted by molar-refractivity contribution is 0.458. The summed E-state index contributed by atoms with van der Waals surface area (Å²) in [7, 11) is 0. The van der Waals surface area contributed by atoms with E-state index in [9.17, 15) is 0 Å². The highest BCUT2D eigenvalue weighted by Crippen LogP contribution is 2.26. The molecule has 3 heteroatoms. The van der Waals surface area contributed by atoms with E-state index in [-0.39, 0.29) is 0 Å². The molecule has 19 heavy (non-hydrogen) atoms. The van der Waals surface area contributed by atoms with E-state index in [0.29, 0.717) is 12.0 Å². The predicted molar refractivity (Wildman–Crippen MR) is 79.6 cm³/mol. The highest BCUT2D eigenvalue weighted by molar-refractivity contribution is 5.40. The van der Waals surface area contributed by atoms with Gasteiger partial charge in [0.05, 0.1) is 0 Å². The Morgan fingerprint density at radius 2 is 2.00 bits per heavy atom. The second-order valence-electron chi connectivity index (χ2n) is 6.00. The molecule has 2 aliphatic rings. The van der Waals surface area contributed by atoms with Crippen molar-refractivity contribution in [2.45, 2.75) is 56.9 Å². The molecule has 1 aromatic rings. The van der Waals surface area contributed by atoms with E-state index in [1.807, 2.05) is 6.20 Å². The van der Waals surface area contributed by atoms with Crippen LogP contribution >= 0.6 is 0 Å². The van der Waals surface area contributed by atoms with Crippen LogP contribution in [-0.4, -0.2) is 24.1 Å². The van der Waals surface area contributed by atoms with Gasteiger partial charge in [0.2, 0.25) is 0 Å². The zero-order valence-corrected chi connectivity index (χ0v) is 11.7. The van der Waals surface area contributed by atoms with Gasteiger partial charge in [0, 0.05) is 18.8 Å². The van der Waals surface area contributed by atoms with E-state index in [4.69, 9.17) is 0 Å². The molecule has 1 aromatic heterocycles. The SMILES string of the molecule is c1cc(C2CCCNC2)cc(NC2CCCCC2)n1. The molecule has 0 aromatic carbocycles. The van der Waals surface area contributed by atoms with Gasteiger partial charge in [-0.25, -0.2) is 4.98 Å². The number of nitrogens with one attached hydrogen (secondary N) is 2. The molecule has 3 nitrogen and oxygen atoms in total. The summed E-state index contributed by atoms with van der Waals surface area (Å²) in [5.41, 5.74) is 1.44. The maximum atomic E-state index is 4.50. The standard InChI is InChI=1S/C16H25N3/c1-2-6-15(7-3-1)19-16-11-13(8-10-18-16)14-5-4-9-17-12-14/h8,10-11,14-15,17H,1-7,9,12H2,(H,18,19). The molecule has 3 rings (SSSR count). The van der Waals surface area contributed by atoms with Gasteiger partial charge in [-0.3, -0.25) is 0 Å². The van der Waals surface area contributed by atoms with E-state index in [0.717, 1.165) is 12.4 Å². The lowest BCUT2D eigenvalue weighted by atomic mass is 9.92. The maximum Gasteiger partial charge on any atom is 0.126 e. The van der Waals surface area contributed by atoms with E-state index in [1.165, 1.54) is 57.1 Å². The van der Waals surface area contributed by atoms with Crippen molar-refractivity contribution in [1.82, 2.24) is 10.3 Å². The van der Waals surface area contributed by atoms with Crippen molar-refractivity contribution < 1.29 is 0 Å². The highest BCUT2D eigenvalue weighted by atomic mass is 15.0. The van der Waals surface area contributed by atoms with E-state index in [2.05, 4.69) is 27.8 Å². The minimum Gasteiger partial charge on any atom is -0.367 e. The van der Waals surface area contributed by atoms with Gasteiger partial charge in [0.15, 0.2) is 0 Å². The number of aromatic nitrogens is 1. The summed E-state index contributed by atoms with van der Waals surface area (Å²) < 4.78 is 0. The van der Waals surface area contributed by atoms with Gasteiger partial charge in [0.1, 0.15) is 5.82 Å². The Morgan fingerprint density at radius 1 is 1.11 bits per heavy atom. The molecule has 0 amide bonds. The first kappa shape index (κ1) is 12.9. The second-order valence-corrected chi connectivity index (χ2v) is 6.00. The number of hydrogen-bond acceptors (Lipinski definition) is 3. The zero-order valence-electron chi connectivity index (χ0n) is 11.7. The van der Waals surface area contributed by atoms with Crippen molar-refractivity contribution in [3.05, 3.63) is 23.9 Å². The van der Waals surface area contributed by atoms with Gasteiger partial charge in [-0.05, 0) is 55.8 Å². The van der Waals surface area contributed by atoms with Crippen molar-refractivity contribution in [2.75, 3.05) is 18.4 Å². The Bertz CT molecular complexity index is 393. The maximum absolute atomic E-state index is 4.50. The van der Waals surface area contributed by atoms with Gasteiger partial charge in [0.25, 0.3) is 0 Å². The van der Waals surface area contributed by atoms with E-state index < -0.39 is 0 Å². The molecule has 1 saturated carbocycles. The molecule has 2 heterocycles. The molecule has 2 fully saturated rings. The Morgan fingerprint density at radius 3 is 2.79 bits per heavy atom. The third-order valence-electron chi connectivity index (χ3n) is 4.51. The average Bonchev–Trinajstić information content (AvgIpc) is 2.49. The molecule has 1 aliphatic heterocycles. The lowest BCUT2D eigenvalue weighted by Crippen LogP contribution is -2.28. The van der Waals surface area contributed by atoms with Crippen LogP contribution in [0.1, 0.15) is 56.4 Å². The molecule has 1 unspecified atom stereocenters. The quantitative estimate of drug-likeness (QED) is 0.874. The fraction of sp³-hybridized carbons (Fsp3) is 0.688. The largest absolute Gasteiger partial charge is 0.367 e. The smallest absolute Gasteiger partial charge is 0.126 e. The summed E-state index contributed by atoms with van der Waals surface area (Å²) in [6.07, 6.45) is 11.3. The summed E-state index contributed by atoms with van der Waals surface area (Å²) in [5, 5.41) is 7.12. The minimum atomic E-state index is 0.640. The van der Waals surface area contributed by atoms with Crippen molar-refractivity contribution in [1.29, 1.82) is 0 Å². The molecule has 1 aliphatic carbocycles. The Hall–Kier alpha value is -1.09. The Labute approximate surface area is 116 Å². The van der Waals surface area contributed by atoms with Gasteiger partial charge in [-0.1, -0.05) is 19.3 Å². The Kier molecular flexibility index (Phi) is 4.34. The first-order chi connectivity index (χ1) is 9.42. The number of pyridine rings is 1. The summed E-state index contributed by atoms with van der Waals surface area (Å²) in [5.74, 6) is 1.75. The molecular formula is C16H25N3. The lowest BCUT2D eigenvalue weighted by Gasteiger charge is -2.25. The van der Waals surface area contributed by atoms with E-state index >= 15 is 0 Å². The van der Waals surface area contributed by atoms with Crippen molar-refractivity contribution in [3.8, 4) is 0 Å². The molecular weight excluding hydrogens is 234 g/mol.